The van der Waals surface area contributed by atoms with Crippen molar-refractivity contribution >= 4 is 22.8 Å². The SMILES string of the molecule is Cc1nc(CNc2ncccc2N)cs1. The lowest BCUT2D eigenvalue weighted by atomic mass is 10.4. The molecule has 2 aromatic rings. The molecule has 0 unspecified atom stereocenters. The average Bonchev–Trinajstić information content (AvgIpc) is 2.63. The molecule has 0 amide bonds. The lowest BCUT2D eigenvalue weighted by Crippen LogP contribution is -2.04. The maximum absolute atomic E-state index is 5.75. The number of aromatic nitrogens is 2. The second-order valence-electron chi connectivity index (χ2n) is 3.15. The molecule has 0 radical (unpaired) electrons. The minimum absolute atomic E-state index is 0.657. The number of nitrogens with one attached hydrogen (secondary N) is 1. The molecule has 15 heavy (non-hydrogen) atoms. The van der Waals surface area contributed by atoms with Crippen molar-refractivity contribution in [2.75, 3.05) is 11.1 Å². The molecule has 4 nitrogen and oxygen atoms in total. The maximum Gasteiger partial charge on any atom is 0.149 e. The summed E-state index contributed by atoms with van der Waals surface area (Å²) in [6.45, 7) is 2.65. The van der Waals surface area contributed by atoms with Crippen molar-refractivity contribution in [3.05, 3.63) is 34.4 Å². The van der Waals surface area contributed by atoms with Crippen molar-refractivity contribution in [2.45, 2.75) is 13.5 Å². The van der Waals surface area contributed by atoms with Crippen molar-refractivity contribution in [3.63, 3.8) is 0 Å². The highest BCUT2D eigenvalue weighted by atomic mass is 32.1. The molecule has 5 heteroatoms. The highest BCUT2D eigenvalue weighted by molar-refractivity contribution is 7.09. The van der Waals surface area contributed by atoms with E-state index in [0.29, 0.717) is 18.1 Å². The topological polar surface area (TPSA) is 63.8 Å². The van der Waals surface area contributed by atoms with Crippen LogP contribution in [0.4, 0.5) is 11.5 Å². The number of rotatable bonds is 3. The Morgan fingerprint density at radius 2 is 2.40 bits per heavy atom. The number of nitrogens with zero attached hydrogens (tertiary/aromatic N) is 2. The Morgan fingerprint density at radius 1 is 1.53 bits per heavy atom. The van der Waals surface area contributed by atoms with Gasteiger partial charge in [0, 0.05) is 11.6 Å². The highest BCUT2D eigenvalue weighted by Crippen LogP contribution is 2.15. The number of anilines is 2. The molecule has 3 N–H and O–H groups in total. The van der Waals surface area contributed by atoms with Gasteiger partial charge in [-0.1, -0.05) is 0 Å². The Bertz CT molecular complexity index is 452. The van der Waals surface area contributed by atoms with E-state index < -0.39 is 0 Å². The molecule has 0 spiro atoms. The number of thiazole rings is 1. The lowest BCUT2D eigenvalue weighted by molar-refractivity contribution is 1.04. The van der Waals surface area contributed by atoms with E-state index in [9.17, 15) is 0 Å². The zero-order chi connectivity index (χ0) is 10.7. The van der Waals surface area contributed by atoms with Crippen LogP contribution in [0.2, 0.25) is 0 Å². The Kier molecular flexibility index (Phi) is 2.82. The van der Waals surface area contributed by atoms with Crippen LogP contribution < -0.4 is 11.1 Å². The zero-order valence-electron chi connectivity index (χ0n) is 8.40. The van der Waals surface area contributed by atoms with Crippen molar-refractivity contribution in [2.24, 2.45) is 0 Å². The molecule has 0 bridgehead atoms. The first-order valence-corrected chi connectivity index (χ1v) is 5.49. The van der Waals surface area contributed by atoms with Crippen molar-refractivity contribution in [1.82, 2.24) is 9.97 Å². The van der Waals surface area contributed by atoms with Crippen LogP contribution in [0.3, 0.4) is 0 Å². The molecule has 2 rings (SSSR count). The van der Waals surface area contributed by atoms with Crippen LogP contribution in [0.25, 0.3) is 0 Å². The van der Waals surface area contributed by atoms with Crippen LogP contribution >= 0.6 is 11.3 Å². The smallest absolute Gasteiger partial charge is 0.149 e. The molecule has 0 aliphatic heterocycles. The summed E-state index contributed by atoms with van der Waals surface area (Å²) in [7, 11) is 0. The molecular weight excluding hydrogens is 208 g/mol. The van der Waals surface area contributed by atoms with Gasteiger partial charge in [-0.25, -0.2) is 9.97 Å². The second-order valence-corrected chi connectivity index (χ2v) is 4.21. The molecule has 2 heterocycles. The first-order valence-electron chi connectivity index (χ1n) is 4.61. The van der Waals surface area contributed by atoms with Crippen molar-refractivity contribution in [3.8, 4) is 0 Å². The number of pyridine rings is 1. The van der Waals surface area contributed by atoms with Gasteiger partial charge in [-0.2, -0.15) is 0 Å². The monoisotopic (exact) mass is 220 g/mol. The molecule has 0 atom stereocenters. The zero-order valence-corrected chi connectivity index (χ0v) is 9.21. The first kappa shape index (κ1) is 9.92. The molecule has 0 fully saturated rings. The molecule has 0 saturated heterocycles. The van der Waals surface area contributed by atoms with Gasteiger partial charge in [-0.3, -0.25) is 0 Å². The van der Waals surface area contributed by atoms with E-state index in [0.717, 1.165) is 10.7 Å². The summed E-state index contributed by atoms with van der Waals surface area (Å²) in [6, 6.07) is 3.63. The molecule has 0 aliphatic rings. The summed E-state index contributed by atoms with van der Waals surface area (Å²) in [5.74, 6) is 0.711. The van der Waals surface area contributed by atoms with Gasteiger partial charge in [0.1, 0.15) is 5.82 Å². The first-order chi connectivity index (χ1) is 7.25. The average molecular weight is 220 g/mol. The fraction of sp³-hybridized carbons (Fsp3) is 0.200. The minimum Gasteiger partial charge on any atom is -0.396 e. The standard InChI is InChI=1S/C10H12N4S/c1-7-14-8(6-15-7)5-13-10-9(11)3-2-4-12-10/h2-4,6H,5,11H2,1H3,(H,12,13). The molecule has 78 valence electrons. The van der Waals surface area contributed by atoms with E-state index in [-0.39, 0.29) is 0 Å². The number of aryl methyl sites for hydroxylation is 1. The summed E-state index contributed by atoms with van der Waals surface area (Å²) >= 11 is 1.64. The van der Waals surface area contributed by atoms with Gasteiger partial charge in [-0.15, -0.1) is 11.3 Å². The number of hydrogen-bond acceptors (Lipinski definition) is 5. The Balaban J connectivity index is 2.02. The van der Waals surface area contributed by atoms with Crippen molar-refractivity contribution < 1.29 is 0 Å². The van der Waals surface area contributed by atoms with Gasteiger partial charge in [0.2, 0.25) is 0 Å². The second kappa shape index (κ2) is 4.27. The Morgan fingerprint density at radius 3 is 3.07 bits per heavy atom. The van der Waals surface area contributed by atoms with Crippen LogP contribution in [0.1, 0.15) is 10.7 Å². The van der Waals surface area contributed by atoms with Gasteiger partial charge in [-0.05, 0) is 19.1 Å². The van der Waals surface area contributed by atoms with E-state index in [4.69, 9.17) is 5.73 Å². The molecule has 2 aromatic heterocycles. The molecular formula is C10H12N4S. The van der Waals surface area contributed by atoms with E-state index in [1.54, 1.807) is 17.5 Å². The Hall–Kier alpha value is -1.62. The fourth-order valence-corrected chi connectivity index (χ4v) is 1.84. The summed E-state index contributed by atoms with van der Waals surface area (Å²) in [5.41, 5.74) is 7.42. The van der Waals surface area contributed by atoms with Gasteiger partial charge < -0.3 is 11.1 Å². The van der Waals surface area contributed by atoms with Gasteiger partial charge in [0.05, 0.1) is 22.9 Å². The number of nitrogens with two attached hydrogens (primary N) is 1. The van der Waals surface area contributed by atoms with Crippen LogP contribution in [0.15, 0.2) is 23.7 Å². The van der Waals surface area contributed by atoms with E-state index in [1.165, 1.54) is 0 Å². The third kappa shape index (κ3) is 2.44. The summed E-state index contributed by atoms with van der Waals surface area (Å²) < 4.78 is 0. The highest BCUT2D eigenvalue weighted by Gasteiger charge is 2.01. The van der Waals surface area contributed by atoms with Crippen LogP contribution in [0, 0.1) is 6.92 Å². The summed E-state index contributed by atoms with van der Waals surface area (Å²) in [6.07, 6.45) is 1.71. The van der Waals surface area contributed by atoms with Gasteiger partial charge in [0.15, 0.2) is 0 Å². The lowest BCUT2D eigenvalue weighted by Gasteiger charge is -2.05. The molecule has 0 saturated carbocycles. The fourth-order valence-electron chi connectivity index (χ4n) is 1.23. The number of nitrogen functional groups attached to an aromatic ring is 1. The number of hydrogen-bond donors (Lipinski definition) is 2. The molecule has 0 aromatic carbocycles. The van der Waals surface area contributed by atoms with Crippen LogP contribution in [-0.2, 0) is 6.54 Å². The predicted octanol–water partition coefficient (Wildman–Crippen LogP) is 2.04. The normalized spacial score (nSPS) is 10.2. The van der Waals surface area contributed by atoms with Crippen LogP contribution in [-0.4, -0.2) is 9.97 Å². The summed E-state index contributed by atoms with van der Waals surface area (Å²) in [4.78, 5) is 8.48. The molecule has 0 aliphatic carbocycles. The van der Waals surface area contributed by atoms with E-state index >= 15 is 0 Å². The van der Waals surface area contributed by atoms with Crippen molar-refractivity contribution in [1.29, 1.82) is 0 Å². The third-order valence-corrected chi connectivity index (χ3v) is 2.76. The summed E-state index contributed by atoms with van der Waals surface area (Å²) in [5, 5.41) is 6.25. The minimum atomic E-state index is 0.657. The van der Waals surface area contributed by atoms with Gasteiger partial charge in [0.25, 0.3) is 0 Å². The maximum atomic E-state index is 5.75. The van der Waals surface area contributed by atoms with Gasteiger partial charge >= 0.3 is 0 Å². The quantitative estimate of drug-likeness (QED) is 0.830. The largest absolute Gasteiger partial charge is 0.396 e. The third-order valence-electron chi connectivity index (χ3n) is 1.94. The predicted molar refractivity (Wildman–Crippen MR) is 62.8 cm³/mol. The van der Waals surface area contributed by atoms with E-state index in [1.807, 2.05) is 24.4 Å². The van der Waals surface area contributed by atoms with E-state index in [2.05, 4.69) is 15.3 Å². The van der Waals surface area contributed by atoms with Crippen LogP contribution in [0.5, 0.6) is 0 Å². The Labute approximate surface area is 92.2 Å².